The van der Waals surface area contributed by atoms with Gasteiger partial charge in [-0.25, -0.2) is 0 Å². The first-order chi connectivity index (χ1) is 12.0. The number of hydrogen-bond donors (Lipinski definition) is 1. The number of aryl methyl sites for hydroxylation is 1. The molecular formula is C19H18ClN3O2. The van der Waals surface area contributed by atoms with E-state index >= 15 is 0 Å². The summed E-state index contributed by atoms with van der Waals surface area (Å²) >= 11 is 6.11. The summed E-state index contributed by atoms with van der Waals surface area (Å²) in [4.78, 5) is 13.0. The number of rotatable bonds is 3. The molecular weight excluding hydrogens is 338 g/mol. The number of nitrogens with two attached hydrogens (primary N) is 1. The van der Waals surface area contributed by atoms with Gasteiger partial charge in [-0.15, -0.1) is 0 Å². The van der Waals surface area contributed by atoms with Crippen LogP contribution in [0.2, 0.25) is 5.02 Å². The van der Waals surface area contributed by atoms with E-state index < -0.39 is 5.92 Å². The molecule has 1 atom stereocenters. The Morgan fingerprint density at radius 1 is 1.40 bits per heavy atom. The van der Waals surface area contributed by atoms with Crippen molar-refractivity contribution in [2.24, 2.45) is 12.8 Å². The number of benzene rings is 1. The minimum atomic E-state index is -0.596. The average Bonchev–Trinajstić information content (AvgIpc) is 2.58. The van der Waals surface area contributed by atoms with Gasteiger partial charge in [0.15, 0.2) is 0 Å². The fourth-order valence-corrected chi connectivity index (χ4v) is 3.39. The zero-order valence-corrected chi connectivity index (χ0v) is 14.8. The summed E-state index contributed by atoms with van der Waals surface area (Å²) in [5.74, 6) is -0.162. The highest BCUT2D eigenvalue weighted by molar-refractivity contribution is 6.30. The fourth-order valence-electron chi connectivity index (χ4n) is 3.19. The van der Waals surface area contributed by atoms with E-state index in [4.69, 9.17) is 22.1 Å². The largest absolute Gasteiger partial charge is 0.440 e. The van der Waals surface area contributed by atoms with Gasteiger partial charge < -0.3 is 15.0 Å². The van der Waals surface area contributed by atoms with Gasteiger partial charge in [0, 0.05) is 23.8 Å². The molecule has 128 valence electrons. The van der Waals surface area contributed by atoms with E-state index in [1.54, 1.807) is 29.8 Å². The van der Waals surface area contributed by atoms with Crippen LogP contribution in [0.5, 0.6) is 5.75 Å². The van der Waals surface area contributed by atoms with Gasteiger partial charge in [-0.2, -0.15) is 5.26 Å². The van der Waals surface area contributed by atoms with Crippen molar-refractivity contribution >= 4 is 11.6 Å². The standard InChI is InChI=1S/C19H18ClN3O2/c1-3-5-13-9-15-17(19(24)23(13)2)16(14(10-21)18(22)25-15)11-6-4-7-12(20)8-11/h4,6-9,16H,3,5,22H2,1-2H3. The number of hydrogen-bond acceptors (Lipinski definition) is 4. The second kappa shape index (κ2) is 6.66. The molecule has 6 heteroatoms. The van der Waals surface area contributed by atoms with E-state index in [-0.39, 0.29) is 17.0 Å². The van der Waals surface area contributed by atoms with Crippen LogP contribution in [0.4, 0.5) is 0 Å². The Labute approximate surface area is 150 Å². The van der Waals surface area contributed by atoms with E-state index in [0.29, 0.717) is 16.3 Å². The Hall–Kier alpha value is -2.71. The second-order valence-corrected chi connectivity index (χ2v) is 6.44. The lowest BCUT2D eigenvalue weighted by Gasteiger charge is -2.27. The Bertz CT molecular complexity index is 970. The van der Waals surface area contributed by atoms with Gasteiger partial charge in [0.2, 0.25) is 5.88 Å². The number of pyridine rings is 1. The summed E-state index contributed by atoms with van der Waals surface area (Å²) < 4.78 is 7.24. The fraction of sp³-hybridized carbons (Fsp3) is 0.263. The molecule has 0 saturated carbocycles. The molecule has 0 radical (unpaired) electrons. The molecule has 1 aromatic carbocycles. The predicted molar refractivity (Wildman–Crippen MR) is 96.4 cm³/mol. The lowest BCUT2D eigenvalue weighted by Crippen LogP contribution is -2.32. The first kappa shape index (κ1) is 17.1. The molecule has 1 aliphatic rings. The Balaban J connectivity index is 2.31. The van der Waals surface area contributed by atoms with Crippen LogP contribution in [-0.4, -0.2) is 4.57 Å². The van der Waals surface area contributed by atoms with Gasteiger partial charge >= 0.3 is 0 Å². The zero-order valence-electron chi connectivity index (χ0n) is 14.0. The number of nitrogens with zero attached hydrogens (tertiary/aromatic N) is 2. The predicted octanol–water partition coefficient (Wildman–Crippen LogP) is 3.21. The van der Waals surface area contributed by atoms with Crippen molar-refractivity contribution in [2.45, 2.75) is 25.7 Å². The van der Waals surface area contributed by atoms with E-state index in [2.05, 4.69) is 6.07 Å². The number of ether oxygens (including phenoxy) is 1. The SMILES string of the molecule is CCCc1cc2c(c(=O)n1C)C(c1cccc(Cl)c1)C(C#N)=C(N)O2. The van der Waals surface area contributed by atoms with E-state index in [9.17, 15) is 10.1 Å². The maximum atomic E-state index is 13.0. The summed E-state index contributed by atoms with van der Waals surface area (Å²) in [5, 5.41) is 10.1. The van der Waals surface area contributed by atoms with Crippen LogP contribution >= 0.6 is 11.6 Å². The number of fused-ring (bicyclic) bond motifs is 1. The van der Waals surface area contributed by atoms with Gasteiger partial charge in [-0.05, 0) is 24.1 Å². The normalized spacial score (nSPS) is 16.2. The molecule has 25 heavy (non-hydrogen) atoms. The number of nitriles is 1. The van der Waals surface area contributed by atoms with Gasteiger partial charge in [-0.1, -0.05) is 37.1 Å². The summed E-state index contributed by atoms with van der Waals surface area (Å²) in [7, 11) is 1.73. The maximum Gasteiger partial charge on any atom is 0.258 e. The minimum absolute atomic E-state index is 0.0238. The van der Waals surface area contributed by atoms with Crippen molar-refractivity contribution in [2.75, 3.05) is 0 Å². The summed E-state index contributed by atoms with van der Waals surface area (Å²) in [5.41, 5.74) is 8.02. The monoisotopic (exact) mass is 355 g/mol. The third kappa shape index (κ3) is 2.90. The maximum absolute atomic E-state index is 13.0. The van der Waals surface area contributed by atoms with Crippen LogP contribution < -0.4 is 16.0 Å². The molecule has 2 N–H and O–H groups in total. The third-order valence-electron chi connectivity index (χ3n) is 4.40. The highest BCUT2D eigenvalue weighted by atomic mass is 35.5. The van der Waals surface area contributed by atoms with Crippen molar-refractivity contribution < 1.29 is 4.74 Å². The van der Waals surface area contributed by atoms with E-state index in [1.807, 2.05) is 19.1 Å². The molecule has 2 aromatic rings. The van der Waals surface area contributed by atoms with Crippen molar-refractivity contribution in [3.05, 3.63) is 74.0 Å². The molecule has 0 fully saturated rings. The average molecular weight is 356 g/mol. The van der Waals surface area contributed by atoms with E-state index in [1.165, 1.54) is 0 Å². The zero-order chi connectivity index (χ0) is 18.1. The number of halogens is 1. The van der Waals surface area contributed by atoms with Crippen LogP contribution in [0.15, 0.2) is 46.6 Å². The Morgan fingerprint density at radius 2 is 2.16 bits per heavy atom. The molecule has 0 spiro atoms. The van der Waals surface area contributed by atoms with Crippen molar-refractivity contribution in [3.8, 4) is 11.8 Å². The van der Waals surface area contributed by atoms with Gasteiger partial charge in [-0.3, -0.25) is 4.79 Å². The highest BCUT2D eigenvalue weighted by Crippen LogP contribution is 2.40. The lowest BCUT2D eigenvalue weighted by atomic mass is 9.84. The van der Waals surface area contributed by atoms with Crippen LogP contribution in [0.1, 0.15) is 36.1 Å². The van der Waals surface area contributed by atoms with Crippen molar-refractivity contribution in [1.82, 2.24) is 4.57 Å². The minimum Gasteiger partial charge on any atom is -0.440 e. The first-order valence-electron chi connectivity index (χ1n) is 8.03. The van der Waals surface area contributed by atoms with Crippen molar-refractivity contribution in [3.63, 3.8) is 0 Å². The molecule has 0 bridgehead atoms. The van der Waals surface area contributed by atoms with E-state index in [0.717, 1.165) is 24.1 Å². The molecule has 1 unspecified atom stereocenters. The smallest absolute Gasteiger partial charge is 0.258 e. The molecule has 3 rings (SSSR count). The van der Waals surface area contributed by atoms with Gasteiger partial charge in [0.1, 0.15) is 17.4 Å². The first-order valence-corrected chi connectivity index (χ1v) is 8.41. The summed E-state index contributed by atoms with van der Waals surface area (Å²) in [6.07, 6.45) is 1.65. The number of allylic oxidation sites excluding steroid dienone is 1. The summed E-state index contributed by atoms with van der Waals surface area (Å²) in [6, 6.07) is 11.0. The van der Waals surface area contributed by atoms with Crippen LogP contribution in [-0.2, 0) is 13.5 Å². The molecule has 0 saturated heterocycles. The van der Waals surface area contributed by atoms with Crippen molar-refractivity contribution in [1.29, 1.82) is 5.26 Å². The lowest BCUT2D eigenvalue weighted by molar-refractivity contribution is 0.389. The Kier molecular flexibility index (Phi) is 4.56. The molecule has 0 amide bonds. The topological polar surface area (TPSA) is 81.0 Å². The Morgan fingerprint density at radius 3 is 2.80 bits per heavy atom. The molecule has 1 aromatic heterocycles. The second-order valence-electron chi connectivity index (χ2n) is 6.01. The molecule has 2 heterocycles. The van der Waals surface area contributed by atoms with Gasteiger partial charge in [0.05, 0.1) is 11.5 Å². The molecule has 5 nitrogen and oxygen atoms in total. The quantitative estimate of drug-likeness (QED) is 0.916. The third-order valence-corrected chi connectivity index (χ3v) is 4.64. The van der Waals surface area contributed by atoms with Crippen LogP contribution in [0.3, 0.4) is 0 Å². The number of aromatic nitrogens is 1. The summed E-state index contributed by atoms with van der Waals surface area (Å²) in [6.45, 7) is 2.04. The molecule has 1 aliphatic heterocycles. The van der Waals surface area contributed by atoms with Gasteiger partial charge in [0.25, 0.3) is 5.56 Å². The van der Waals surface area contributed by atoms with Crippen LogP contribution in [0.25, 0.3) is 0 Å². The van der Waals surface area contributed by atoms with Crippen LogP contribution in [0, 0.1) is 11.3 Å². The molecule has 0 aliphatic carbocycles. The highest BCUT2D eigenvalue weighted by Gasteiger charge is 2.34.